The Morgan fingerprint density at radius 2 is 1.78 bits per heavy atom. The maximum absolute atomic E-state index is 9.28. The van der Waals surface area contributed by atoms with Gasteiger partial charge in [0.05, 0.1) is 0 Å². The van der Waals surface area contributed by atoms with E-state index in [1.165, 1.54) is 5.56 Å². The van der Waals surface area contributed by atoms with Crippen molar-refractivity contribution in [2.24, 2.45) is 0 Å². The number of phenols is 1. The van der Waals surface area contributed by atoms with Crippen molar-refractivity contribution in [1.29, 1.82) is 0 Å². The zero-order chi connectivity index (χ0) is 12.5. The molecule has 1 heterocycles. The van der Waals surface area contributed by atoms with Gasteiger partial charge >= 0.3 is 0 Å². The van der Waals surface area contributed by atoms with E-state index in [2.05, 4.69) is 19.1 Å². The van der Waals surface area contributed by atoms with Gasteiger partial charge in [0, 0.05) is 10.9 Å². The molecule has 2 nitrogen and oxygen atoms in total. The van der Waals surface area contributed by atoms with Gasteiger partial charge in [-0.2, -0.15) is 0 Å². The van der Waals surface area contributed by atoms with Crippen molar-refractivity contribution in [3.8, 4) is 17.1 Å². The number of aromatic hydroxyl groups is 1. The van der Waals surface area contributed by atoms with Gasteiger partial charge in [-0.15, -0.1) is 0 Å². The molecule has 2 aromatic carbocycles. The summed E-state index contributed by atoms with van der Waals surface area (Å²) < 4.78 is 5.81. The van der Waals surface area contributed by atoms with E-state index in [0.29, 0.717) is 0 Å². The SMILES string of the molecule is CCc1ccc2oc(-c3ccc(O)cc3)cc2c1. The average molecular weight is 238 g/mol. The molecule has 1 N–H and O–H groups in total. The summed E-state index contributed by atoms with van der Waals surface area (Å²) in [5, 5.41) is 10.4. The zero-order valence-electron chi connectivity index (χ0n) is 10.2. The molecule has 2 heteroatoms. The molecule has 0 bridgehead atoms. The molecule has 3 rings (SSSR count). The lowest BCUT2D eigenvalue weighted by Crippen LogP contribution is -1.76. The van der Waals surface area contributed by atoms with E-state index in [9.17, 15) is 5.11 Å². The lowest BCUT2D eigenvalue weighted by molar-refractivity contribution is 0.475. The second-order valence-electron chi connectivity index (χ2n) is 4.38. The second-order valence-corrected chi connectivity index (χ2v) is 4.38. The lowest BCUT2D eigenvalue weighted by Gasteiger charge is -1.96. The predicted molar refractivity (Wildman–Crippen MR) is 72.7 cm³/mol. The van der Waals surface area contributed by atoms with Crippen LogP contribution in [0.4, 0.5) is 0 Å². The number of benzene rings is 2. The van der Waals surface area contributed by atoms with E-state index < -0.39 is 0 Å². The number of phenolic OH excluding ortho intramolecular Hbond substituents is 1. The minimum absolute atomic E-state index is 0.267. The Labute approximate surface area is 105 Å². The summed E-state index contributed by atoms with van der Waals surface area (Å²) in [6.07, 6.45) is 1.02. The van der Waals surface area contributed by atoms with Crippen LogP contribution in [0, 0.1) is 0 Å². The molecule has 0 aliphatic heterocycles. The van der Waals surface area contributed by atoms with E-state index in [-0.39, 0.29) is 5.75 Å². The Morgan fingerprint density at radius 1 is 1.00 bits per heavy atom. The normalized spacial score (nSPS) is 10.9. The molecule has 90 valence electrons. The van der Waals surface area contributed by atoms with Gasteiger partial charge in [0.25, 0.3) is 0 Å². The molecular formula is C16H14O2. The zero-order valence-corrected chi connectivity index (χ0v) is 10.2. The Kier molecular flexibility index (Phi) is 2.56. The molecule has 0 fully saturated rings. The van der Waals surface area contributed by atoms with Gasteiger partial charge in [-0.25, -0.2) is 0 Å². The third kappa shape index (κ3) is 1.86. The van der Waals surface area contributed by atoms with Crippen LogP contribution in [0.25, 0.3) is 22.3 Å². The average Bonchev–Trinajstić information content (AvgIpc) is 2.82. The minimum Gasteiger partial charge on any atom is -0.508 e. The topological polar surface area (TPSA) is 33.4 Å². The molecule has 1 aromatic heterocycles. The third-order valence-corrected chi connectivity index (χ3v) is 3.14. The van der Waals surface area contributed by atoms with Crippen LogP contribution in [0.5, 0.6) is 5.75 Å². The molecule has 0 radical (unpaired) electrons. The van der Waals surface area contributed by atoms with E-state index in [1.807, 2.05) is 24.3 Å². The number of fused-ring (bicyclic) bond motifs is 1. The van der Waals surface area contributed by atoms with E-state index >= 15 is 0 Å². The molecule has 0 saturated carbocycles. The monoisotopic (exact) mass is 238 g/mol. The number of hydrogen-bond donors (Lipinski definition) is 1. The highest BCUT2D eigenvalue weighted by atomic mass is 16.3. The van der Waals surface area contributed by atoms with Gasteiger partial charge in [0.15, 0.2) is 0 Å². The number of aryl methyl sites for hydroxylation is 1. The van der Waals surface area contributed by atoms with Gasteiger partial charge in [-0.3, -0.25) is 0 Å². The molecule has 0 spiro atoms. The van der Waals surface area contributed by atoms with Gasteiger partial charge in [0.2, 0.25) is 0 Å². The van der Waals surface area contributed by atoms with Gasteiger partial charge in [-0.05, 0) is 54.4 Å². The summed E-state index contributed by atoms with van der Waals surface area (Å²) in [4.78, 5) is 0. The summed E-state index contributed by atoms with van der Waals surface area (Å²) in [5.41, 5.74) is 3.18. The van der Waals surface area contributed by atoms with Crippen LogP contribution in [0.3, 0.4) is 0 Å². The maximum Gasteiger partial charge on any atom is 0.135 e. The quantitative estimate of drug-likeness (QED) is 0.719. The molecule has 0 aliphatic carbocycles. The molecule has 0 amide bonds. The van der Waals surface area contributed by atoms with Crippen LogP contribution in [0.2, 0.25) is 0 Å². The largest absolute Gasteiger partial charge is 0.508 e. The van der Waals surface area contributed by atoms with Crippen LogP contribution in [0.15, 0.2) is 52.9 Å². The molecular weight excluding hydrogens is 224 g/mol. The van der Waals surface area contributed by atoms with Crippen molar-refractivity contribution in [3.05, 3.63) is 54.1 Å². The molecule has 0 atom stereocenters. The van der Waals surface area contributed by atoms with Crippen molar-refractivity contribution in [2.45, 2.75) is 13.3 Å². The standard InChI is InChI=1S/C16H14O2/c1-2-11-3-8-15-13(9-11)10-16(18-15)12-4-6-14(17)7-5-12/h3-10,17H,2H2,1H3. The first-order chi connectivity index (χ1) is 8.76. The first-order valence-corrected chi connectivity index (χ1v) is 6.08. The highest BCUT2D eigenvalue weighted by Gasteiger charge is 2.06. The number of hydrogen-bond acceptors (Lipinski definition) is 2. The number of furan rings is 1. The molecule has 0 unspecified atom stereocenters. The second kappa shape index (κ2) is 4.22. The van der Waals surface area contributed by atoms with E-state index in [4.69, 9.17) is 4.42 Å². The van der Waals surface area contributed by atoms with Crippen LogP contribution in [0.1, 0.15) is 12.5 Å². The summed E-state index contributed by atoms with van der Waals surface area (Å²) >= 11 is 0. The van der Waals surface area contributed by atoms with Crippen molar-refractivity contribution in [3.63, 3.8) is 0 Å². The van der Waals surface area contributed by atoms with Crippen molar-refractivity contribution >= 4 is 11.0 Å². The Balaban J connectivity index is 2.10. The van der Waals surface area contributed by atoms with Crippen LogP contribution in [-0.2, 0) is 6.42 Å². The van der Waals surface area contributed by atoms with Gasteiger partial charge in [-0.1, -0.05) is 13.0 Å². The fourth-order valence-electron chi connectivity index (χ4n) is 2.08. The molecule has 3 aromatic rings. The van der Waals surface area contributed by atoms with Crippen molar-refractivity contribution < 1.29 is 9.52 Å². The van der Waals surface area contributed by atoms with Crippen molar-refractivity contribution in [1.82, 2.24) is 0 Å². The fraction of sp³-hybridized carbons (Fsp3) is 0.125. The van der Waals surface area contributed by atoms with Crippen LogP contribution in [-0.4, -0.2) is 5.11 Å². The summed E-state index contributed by atoms with van der Waals surface area (Å²) in [6, 6.07) is 15.3. The first kappa shape index (κ1) is 10.9. The minimum atomic E-state index is 0.267. The van der Waals surface area contributed by atoms with Crippen molar-refractivity contribution in [2.75, 3.05) is 0 Å². The fourth-order valence-corrected chi connectivity index (χ4v) is 2.08. The first-order valence-electron chi connectivity index (χ1n) is 6.08. The van der Waals surface area contributed by atoms with E-state index in [1.54, 1.807) is 12.1 Å². The predicted octanol–water partition coefficient (Wildman–Crippen LogP) is 4.37. The highest BCUT2D eigenvalue weighted by Crippen LogP contribution is 2.29. The molecule has 0 aliphatic rings. The Hall–Kier alpha value is -2.22. The summed E-state index contributed by atoms with van der Waals surface area (Å²) in [7, 11) is 0. The van der Waals surface area contributed by atoms with Gasteiger partial charge < -0.3 is 9.52 Å². The molecule has 18 heavy (non-hydrogen) atoms. The van der Waals surface area contributed by atoms with E-state index in [0.717, 1.165) is 28.7 Å². The summed E-state index contributed by atoms with van der Waals surface area (Å²) in [5.74, 6) is 1.10. The maximum atomic E-state index is 9.28. The Bertz CT molecular complexity index is 678. The van der Waals surface area contributed by atoms with Crippen LogP contribution < -0.4 is 0 Å². The third-order valence-electron chi connectivity index (χ3n) is 3.14. The Morgan fingerprint density at radius 3 is 2.50 bits per heavy atom. The summed E-state index contributed by atoms with van der Waals surface area (Å²) in [6.45, 7) is 2.14. The van der Waals surface area contributed by atoms with Crippen LogP contribution >= 0.6 is 0 Å². The molecule has 0 saturated heterocycles. The van der Waals surface area contributed by atoms with Gasteiger partial charge in [0.1, 0.15) is 17.1 Å². The number of rotatable bonds is 2. The smallest absolute Gasteiger partial charge is 0.135 e. The highest BCUT2D eigenvalue weighted by molar-refractivity contribution is 5.83. The lowest BCUT2D eigenvalue weighted by atomic mass is 10.1.